The molecule has 0 radical (unpaired) electrons. The summed E-state index contributed by atoms with van der Waals surface area (Å²) in [5.74, 6) is 0.0971. The van der Waals surface area contributed by atoms with Crippen LogP contribution >= 0.6 is 11.6 Å². The van der Waals surface area contributed by atoms with Crippen LogP contribution in [0.2, 0.25) is 5.15 Å². The summed E-state index contributed by atoms with van der Waals surface area (Å²) in [5.41, 5.74) is 5.98. The standard InChI is InChI=1S/C7H8ClN3/c8-7-5(4-6(9)10)2-1-3-11-7/h1-3H,4H2,(H3,9,10). The van der Waals surface area contributed by atoms with Gasteiger partial charge in [0.2, 0.25) is 0 Å². The molecule has 0 atom stereocenters. The van der Waals surface area contributed by atoms with Crippen LogP contribution < -0.4 is 5.73 Å². The molecule has 0 spiro atoms. The highest BCUT2D eigenvalue weighted by atomic mass is 35.5. The van der Waals surface area contributed by atoms with E-state index in [4.69, 9.17) is 22.7 Å². The SMILES string of the molecule is N=C(N)Cc1cccnc1Cl. The predicted molar refractivity (Wildman–Crippen MR) is 44.9 cm³/mol. The first-order chi connectivity index (χ1) is 5.20. The molecule has 4 heteroatoms. The minimum absolute atomic E-state index is 0.0971. The van der Waals surface area contributed by atoms with Crippen molar-refractivity contribution in [1.29, 1.82) is 5.41 Å². The molecule has 3 nitrogen and oxygen atoms in total. The Hall–Kier alpha value is -1.09. The van der Waals surface area contributed by atoms with E-state index in [1.54, 1.807) is 18.3 Å². The number of aromatic nitrogens is 1. The monoisotopic (exact) mass is 169 g/mol. The number of pyridine rings is 1. The molecule has 0 aliphatic carbocycles. The van der Waals surface area contributed by atoms with Crippen molar-refractivity contribution >= 4 is 17.4 Å². The maximum absolute atomic E-state index is 7.02. The molecule has 0 aromatic carbocycles. The molecule has 0 saturated heterocycles. The van der Waals surface area contributed by atoms with Crippen LogP contribution in [0.5, 0.6) is 0 Å². The van der Waals surface area contributed by atoms with Gasteiger partial charge in [0.15, 0.2) is 0 Å². The van der Waals surface area contributed by atoms with Gasteiger partial charge in [-0.2, -0.15) is 0 Å². The molecule has 11 heavy (non-hydrogen) atoms. The second-order valence-corrected chi connectivity index (χ2v) is 2.51. The molecule has 0 aliphatic rings. The van der Waals surface area contributed by atoms with Crippen LogP contribution in [-0.2, 0) is 6.42 Å². The third-order valence-corrected chi connectivity index (χ3v) is 1.56. The average Bonchev–Trinajstić information content (AvgIpc) is 1.93. The molecule has 0 fully saturated rings. The fourth-order valence-corrected chi connectivity index (χ4v) is 0.943. The van der Waals surface area contributed by atoms with E-state index in [9.17, 15) is 0 Å². The van der Waals surface area contributed by atoms with Crippen molar-refractivity contribution in [2.24, 2.45) is 5.73 Å². The highest BCUT2D eigenvalue weighted by Gasteiger charge is 2.00. The summed E-state index contributed by atoms with van der Waals surface area (Å²) in [6.45, 7) is 0. The lowest BCUT2D eigenvalue weighted by Crippen LogP contribution is -2.13. The molecule has 3 N–H and O–H groups in total. The quantitative estimate of drug-likeness (QED) is 0.397. The minimum atomic E-state index is 0.0971. The summed E-state index contributed by atoms with van der Waals surface area (Å²) in [4.78, 5) is 3.85. The molecule has 0 saturated carbocycles. The van der Waals surface area contributed by atoms with Crippen LogP contribution in [0.4, 0.5) is 0 Å². The molecule has 0 bridgehead atoms. The van der Waals surface area contributed by atoms with Crippen LogP contribution in [0.3, 0.4) is 0 Å². The fourth-order valence-electron chi connectivity index (χ4n) is 0.756. The first-order valence-corrected chi connectivity index (χ1v) is 3.50. The number of hydrogen-bond acceptors (Lipinski definition) is 2. The van der Waals surface area contributed by atoms with E-state index in [1.807, 2.05) is 0 Å². The molecular formula is C7H8ClN3. The van der Waals surface area contributed by atoms with Crippen LogP contribution in [0.15, 0.2) is 18.3 Å². The van der Waals surface area contributed by atoms with Gasteiger partial charge in [-0.25, -0.2) is 4.98 Å². The van der Waals surface area contributed by atoms with Crippen molar-refractivity contribution in [3.8, 4) is 0 Å². The van der Waals surface area contributed by atoms with Crippen molar-refractivity contribution in [1.82, 2.24) is 4.98 Å². The second-order valence-electron chi connectivity index (χ2n) is 2.16. The summed E-state index contributed by atoms with van der Waals surface area (Å²) in [7, 11) is 0. The van der Waals surface area contributed by atoms with Gasteiger partial charge in [0.25, 0.3) is 0 Å². The molecule has 0 unspecified atom stereocenters. The summed E-state index contributed by atoms with van der Waals surface area (Å²) in [5, 5.41) is 7.44. The summed E-state index contributed by atoms with van der Waals surface area (Å²) in [6, 6.07) is 3.57. The normalized spacial score (nSPS) is 9.55. The molecule has 1 rings (SSSR count). The van der Waals surface area contributed by atoms with Crippen molar-refractivity contribution in [3.05, 3.63) is 29.0 Å². The van der Waals surface area contributed by atoms with Gasteiger partial charge in [-0.1, -0.05) is 17.7 Å². The molecule has 0 aliphatic heterocycles. The number of nitrogens with one attached hydrogen (secondary N) is 1. The maximum atomic E-state index is 7.02. The number of rotatable bonds is 2. The molecule has 1 aromatic rings. The van der Waals surface area contributed by atoms with Gasteiger partial charge in [0, 0.05) is 12.6 Å². The highest BCUT2D eigenvalue weighted by Crippen LogP contribution is 2.11. The zero-order chi connectivity index (χ0) is 8.27. The third kappa shape index (κ3) is 2.20. The minimum Gasteiger partial charge on any atom is -0.387 e. The van der Waals surface area contributed by atoms with Crippen LogP contribution in [0, 0.1) is 5.41 Å². The van der Waals surface area contributed by atoms with E-state index in [0.717, 1.165) is 5.56 Å². The van der Waals surface area contributed by atoms with Gasteiger partial charge in [0.05, 0.1) is 5.84 Å². The molecule has 1 aromatic heterocycles. The molecule has 0 amide bonds. The molecule has 1 heterocycles. The fraction of sp³-hybridized carbons (Fsp3) is 0.143. The van der Waals surface area contributed by atoms with Crippen molar-refractivity contribution in [2.45, 2.75) is 6.42 Å². The summed E-state index contributed by atoms with van der Waals surface area (Å²) < 4.78 is 0. The lowest BCUT2D eigenvalue weighted by Gasteiger charge is -1.99. The topological polar surface area (TPSA) is 62.8 Å². The zero-order valence-corrected chi connectivity index (χ0v) is 6.60. The zero-order valence-electron chi connectivity index (χ0n) is 5.84. The van der Waals surface area contributed by atoms with E-state index in [-0.39, 0.29) is 5.84 Å². The number of hydrogen-bond donors (Lipinski definition) is 2. The van der Waals surface area contributed by atoms with Crippen LogP contribution in [0.25, 0.3) is 0 Å². The predicted octanol–water partition coefficient (Wildman–Crippen LogP) is 1.21. The number of nitrogens with two attached hydrogens (primary N) is 1. The van der Waals surface area contributed by atoms with Gasteiger partial charge in [0.1, 0.15) is 5.15 Å². The van der Waals surface area contributed by atoms with Gasteiger partial charge in [-0.3, -0.25) is 5.41 Å². The van der Waals surface area contributed by atoms with E-state index in [1.165, 1.54) is 0 Å². The Morgan fingerprint density at radius 3 is 3.00 bits per heavy atom. The van der Waals surface area contributed by atoms with Crippen molar-refractivity contribution < 1.29 is 0 Å². The Kier molecular flexibility index (Phi) is 2.44. The van der Waals surface area contributed by atoms with Gasteiger partial charge < -0.3 is 5.73 Å². The molecule has 58 valence electrons. The maximum Gasteiger partial charge on any atom is 0.132 e. The Labute approximate surface area is 69.7 Å². The van der Waals surface area contributed by atoms with E-state index >= 15 is 0 Å². The summed E-state index contributed by atoms with van der Waals surface area (Å²) in [6.07, 6.45) is 1.97. The number of halogens is 1. The Balaban J connectivity index is 2.86. The highest BCUT2D eigenvalue weighted by molar-refractivity contribution is 6.30. The number of amidine groups is 1. The Bertz CT molecular complexity index is 272. The van der Waals surface area contributed by atoms with Crippen LogP contribution in [0.1, 0.15) is 5.56 Å². The van der Waals surface area contributed by atoms with Crippen LogP contribution in [-0.4, -0.2) is 10.8 Å². The lowest BCUT2D eigenvalue weighted by molar-refractivity contribution is 1.19. The first kappa shape index (κ1) is 8.01. The molecular weight excluding hydrogens is 162 g/mol. The van der Waals surface area contributed by atoms with Crippen molar-refractivity contribution in [3.63, 3.8) is 0 Å². The van der Waals surface area contributed by atoms with E-state index in [2.05, 4.69) is 4.98 Å². The van der Waals surface area contributed by atoms with E-state index < -0.39 is 0 Å². The van der Waals surface area contributed by atoms with Gasteiger partial charge in [-0.05, 0) is 11.6 Å². The smallest absolute Gasteiger partial charge is 0.132 e. The largest absolute Gasteiger partial charge is 0.387 e. The first-order valence-electron chi connectivity index (χ1n) is 3.12. The van der Waals surface area contributed by atoms with Crippen molar-refractivity contribution in [2.75, 3.05) is 0 Å². The third-order valence-electron chi connectivity index (χ3n) is 1.22. The van der Waals surface area contributed by atoms with E-state index in [0.29, 0.717) is 11.6 Å². The second kappa shape index (κ2) is 3.34. The summed E-state index contributed by atoms with van der Waals surface area (Å²) >= 11 is 5.70. The Morgan fingerprint density at radius 2 is 2.45 bits per heavy atom. The van der Waals surface area contributed by atoms with Gasteiger partial charge >= 0.3 is 0 Å². The Morgan fingerprint density at radius 1 is 1.73 bits per heavy atom. The van der Waals surface area contributed by atoms with Gasteiger partial charge in [-0.15, -0.1) is 0 Å². The average molecular weight is 170 g/mol. The number of nitrogens with zero attached hydrogens (tertiary/aromatic N) is 1. The lowest BCUT2D eigenvalue weighted by atomic mass is 10.2.